The number of hydrogen-bond acceptors (Lipinski definition) is 2. The lowest BCUT2D eigenvalue weighted by atomic mass is 10.0. The van der Waals surface area contributed by atoms with Crippen molar-refractivity contribution in [1.29, 1.82) is 0 Å². The van der Waals surface area contributed by atoms with Gasteiger partial charge in [-0.05, 0) is 25.5 Å². The Morgan fingerprint density at radius 3 is 3.25 bits per heavy atom. The molecule has 0 aliphatic carbocycles. The van der Waals surface area contributed by atoms with Crippen LogP contribution in [-0.2, 0) is 19.4 Å². The minimum Gasteiger partial charge on any atom is -0.364 e. The van der Waals surface area contributed by atoms with Gasteiger partial charge in [-0.25, -0.2) is 4.98 Å². The average molecular weight is 216 g/mol. The van der Waals surface area contributed by atoms with Crippen molar-refractivity contribution in [3.8, 4) is 11.3 Å². The minimum atomic E-state index is 0.662. The maximum absolute atomic E-state index is 5.60. The molecule has 16 heavy (non-hydrogen) atoms. The van der Waals surface area contributed by atoms with Gasteiger partial charge >= 0.3 is 0 Å². The molecule has 0 saturated heterocycles. The molecule has 0 radical (unpaired) electrons. The van der Waals surface area contributed by atoms with Crippen molar-refractivity contribution >= 4 is 0 Å². The van der Waals surface area contributed by atoms with E-state index < -0.39 is 0 Å². The maximum atomic E-state index is 5.60. The number of fused-ring (bicyclic) bond motifs is 3. The van der Waals surface area contributed by atoms with Crippen LogP contribution in [-0.4, -0.2) is 21.1 Å². The second kappa shape index (κ2) is 3.49. The molecule has 0 unspecified atom stereocenters. The van der Waals surface area contributed by atoms with E-state index in [-0.39, 0.29) is 0 Å². The first-order chi connectivity index (χ1) is 7.81. The van der Waals surface area contributed by atoms with Gasteiger partial charge in [0.15, 0.2) is 0 Å². The van der Waals surface area contributed by atoms with Gasteiger partial charge in [0, 0.05) is 30.4 Å². The predicted octanol–water partition coefficient (Wildman–Crippen LogP) is 1.24. The van der Waals surface area contributed by atoms with Gasteiger partial charge in [0.2, 0.25) is 0 Å². The molecule has 0 aromatic carbocycles. The lowest BCUT2D eigenvalue weighted by Crippen LogP contribution is -2.15. The number of aryl methyl sites for hydroxylation is 2. The summed E-state index contributed by atoms with van der Waals surface area (Å²) < 4.78 is 2.30. The smallest absolute Gasteiger partial charge is 0.110 e. The molecule has 2 aromatic rings. The first kappa shape index (κ1) is 9.66. The Morgan fingerprint density at radius 1 is 1.56 bits per heavy atom. The van der Waals surface area contributed by atoms with Crippen LogP contribution in [0.15, 0.2) is 12.4 Å². The number of rotatable bonds is 2. The van der Waals surface area contributed by atoms with Crippen LogP contribution in [0.25, 0.3) is 11.3 Å². The van der Waals surface area contributed by atoms with E-state index in [2.05, 4.69) is 27.7 Å². The van der Waals surface area contributed by atoms with Crippen LogP contribution in [0.5, 0.6) is 0 Å². The zero-order valence-corrected chi connectivity index (χ0v) is 9.45. The van der Waals surface area contributed by atoms with E-state index in [9.17, 15) is 0 Å². The normalized spacial score (nSPS) is 13.6. The van der Waals surface area contributed by atoms with Gasteiger partial charge in [0.05, 0.1) is 11.9 Å². The summed E-state index contributed by atoms with van der Waals surface area (Å²) in [5, 5.41) is 0. The van der Waals surface area contributed by atoms with Gasteiger partial charge in [0.25, 0.3) is 0 Å². The summed E-state index contributed by atoms with van der Waals surface area (Å²) in [7, 11) is 0. The molecule has 2 aromatic heterocycles. The van der Waals surface area contributed by atoms with Crippen molar-refractivity contribution in [2.24, 2.45) is 5.73 Å². The Hall–Kier alpha value is -1.55. The maximum Gasteiger partial charge on any atom is 0.110 e. The predicted molar refractivity (Wildman–Crippen MR) is 63.2 cm³/mol. The quantitative estimate of drug-likeness (QED) is 0.793. The third-order valence-electron chi connectivity index (χ3n) is 3.33. The Bertz CT molecular complexity index is 521. The molecule has 4 nitrogen and oxygen atoms in total. The number of nitrogens with two attached hydrogens (primary N) is 1. The first-order valence-electron chi connectivity index (χ1n) is 5.73. The first-order valence-corrected chi connectivity index (χ1v) is 5.73. The van der Waals surface area contributed by atoms with Crippen molar-refractivity contribution < 1.29 is 0 Å². The Balaban J connectivity index is 2.14. The van der Waals surface area contributed by atoms with Crippen LogP contribution < -0.4 is 5.73 Å². The Kier molecular flexibility index (Phi) is 2.11. The second-order valence-corrected chi connectivity index (χ2v) is 4.31. The van der Waals surface area contributed by atoms with Gasteiger partial charge in [-0.1, -0.05) is 0 Å². The van der Waals surface area contributed by atoms with Crippen molar-refractivity contribution in [3.05, 3.63) is 29.5 Å². The number of nitrogens with one attached hydrogen (secondary N) is 1. The summed E-state index contributed by atoms with van der Waals surface area (Å²) in [6, 6.07) is 0. The highest BCUT2D eigenvalue weighted by atomic mass is 15.1. The van der Waals surface area contributed by atoms with Gasteiger partial charge < -0.3 is 15.3 Å². The van der Waals surface area contributed by atoms with Crippen LogP contribution in [0.3, 0.4) is 0 Å². The number of hydrogen-bond donors (Lipinski definition) is 2. The van der Waals surface area contributed by atoms with Gasteiger partial charge in [0.1, 0.15) is 5.82 Å². The van der Waals surface area contributed by atoms with E-state index in [1.54, 1.807) is 0 Å². The zero-order chi connectivity index (χ0) is 11.1. The number of H-pyrrole nitrogens is 1. The van der Waals surface area contributed by atoms with Gasteiger partial charge in [-0.2, -0.15) is 0 Å². The standard InChI is InChI=1S/C12H16N4/c1-8-12-9(6-14-8)3-5-16-10(12)7-15-11(16)2-4-13/h6-7,14H,2-5,13H2,1H3. The highest BCUT2D eigenvalue weighted by Crippen LogP contribution is 2.32. The molecule has 0 fully saturated rings. The van der Waals surface area contributed by atoms with Crippen molar-refractivity contribution in [2.75, 3.05) is 6.54 Å². The Morgan fingerprint density at radius 2 is 2.44 bits per heavy atom. The molecule has 0 bridgehead atoms. The van der Waals surface area contributed by atoms with Crippen LogP contribution in [0, 0.1) is 6.92 Å². The molecule has 0 atom stereocenters. The molecule has 0 amide bonds. The fourth-order valence-corrected chi connectivity index (χ4v) is 2.56. The third kappa shape index (κ3) is 1.23. The molecule has 1 aliphatic rings. The van der Waals surface area contributed by atoms with E-state index in [4.69, 9.17) is 5.73 Å². The topological polar surface area (TPSA) is 59.6 Å². The lowest BCUT2D eigenvalue weighted by molar-refractivity contribution is 0.641. The summed E-state index contributed by atoms with van der Waals surface area (Å²) in [6.07, 6.45) is 6.03. The van der Waals surface area contributed by atoms with E-state index in [0.29, 0.717) is 6.54 Å². The molecule has 3 heterocycles. The second-order valence-electron chi connectivity index (χ2n) is 4.31. The number of nitrogens with zero attached hydrogens (tertiary/aromatic N) is 2. The largest absolute Gasteiger partial charge is 0.364 e. The summed E-state index contributed by atoms with van der Waals surface area (Å²) in [6.45, 7) is 3.80. The van der Waals surface area contributed by atoms with Gasteiger partial charge in [-0.15, -0.1) is 0 Å². The highest BCUT2D eigenvalue weighted by Gasteiger charge is 2.21. The van der Waals surface area contributed by atoms with E-state index in [1.807, 2.05) is 6.20 Å². The monoisotopic (exact) mass is 216 g/mol. The summed E-state index contributed by atoms with van der Waals surface area (Å²) in [4.78, 5) is 7.77. The summed E-state index contributed by atoms with van der Waals surface area (Å²) >= 11 is 0. The van der Waals surface area contributed by atoms with E-state index in [1.165, 1.54) is 22.5 Å². The molecule has 4 heteroatoms. The number of imidazole rings is 1. The molecule has 3 rings (SSSR count). The molecular formula is C12H16N4. The van der Waals surface area contributed by atoms with Crippen LogP contribution in [0.4, 0.5) is 0 Å². The fourth-order valence-electron chi connectivity index (χ4n) is 2.56. The number of aromatic amines is 1. The third-order valence-corrected chi connectivity index (χ3v) is 3.33. The summed E-state index contributed by atoms with van der Waals surface area (Å²) in [5.74, 6) is 1.11. The molecule has 3 N–H and O–H groups in total. The molecule has 0 spiro atoms. The Labute approximate surface area is 94.5 Å². The molecular weight excluding hydrogens is 200 g/mol. The minimum absolute atomic E-state index is 0.662. The van der Waals surface area contributed by atoms with Crippen LogP contribution in [0.2, 0.25) is 0 Å². The average Bonchev–Trinajstić information content (AvgIpc) is 2.84. The van der Waals surface area contributed by atoms with Crippen molar-refractivity contribution in [2.45, 2.75) is 26.3 Å². The molecule has 84 valence electrons. The number of aromatic nitrogens is 3. The zero-order valence-electron chi connectivity index (χ0n) is 9.45. The SMILES string of the molecule is Cc1[nH]cc2c1-c1cnc(CCN)n1CC2. The van der Waals surface area contributed by atoms with Crippen molar-refractivity contribution in [1.82, 2.24) is 14.5 Å². The highest BCUT2D eigenvalue weighted by molar-refractivity contribution is 5.68. The van der Waals surface area contributed by atoms with Crippen molar-refractivity contribution in [3.63, 3.8) is 0 Å². The van der Waals surface area contributed by atoms with Gasteiger partial charge in [-0.3, -0.25) is 0 Å². The van der Waals surface area contributed by atoms with E-state index in [0.717, 1.165) is 25.2 Å². The molecule has 1 aliphatic heterocycles. The lowest BCUT2D eigenvalue weighted by Gasteiger charge is -2.18. The van der Waals surface area contributed by atoms with Crippen LogP contribution >= 0.6 is 0 Å². The summed E-state index contributed by atoms with van der Waals surface area (Å²) in [5.41, 5.74) is 10.8. The fraction of sp³-hybridized carbons (Fsp3) is 0.417. The van der Waals surface area contributed by atoms with E-state index >= 15 is 0 Å². The van der Waals surface area contributed by atoms with Crippen LogP contribution in [0.1, 0.15) is 17.1 Å². The molecule has 0 saturated carbocycles.